The lowest BCUT2D eigenvalue weighted by atomic mass is 9.56. The standard InChI is InChI=1S/C35H33ClN6O5S/c1-16-11-19(12-17(2)29(16)43)28-21-9-10-40-33(46)38(5)34(47)42(40)25(21)14-23-31(44)41(32(45)35(23,28)4)27-15-24(37-39(27)6)30-18(3)22-13-20(36)7-8-26(22)48-30/h7-9,11-13,15,23,25,28,43H,10,14H2,1-6H3/t23-,25+,28-,35+/m0/s1. The van der Waals surface area contributed by atoms with Crippen molar-refractivity contribution in [3.63, 3.8) is 0 Å². The molecule has 0 bridgehead atoms. The van der Waals surface area contributed by atoms with Gasteiger partial charge in [-0.25, -0.2) is 28.4 Å². The fourth-order valence-electron chi connectivity index (χ4n) is 8.36. The minimum atomic E-state index is -1.23. The maximum absolute atomic E-state index is 14.9. The second kappa shape index (κ2) is 10.2. The molecule has 2 aliphatic heterocycles. The van der Waals surface area contributed by atoms with Gasteiger partial charge in [0.05, 0.1) is 28.8 Å². The monoisotopic (exact) mass is 684 g/mol. The number of aryl methyl sites for hydroxylation is 4. The van der Waals surface area contributed by atoms with Gasteiger partial charge < -0.3 is 5.11 Å². The zero-order valence-electron chi connectivity index (χ0n) is 27.2. The molecule has 5 aromatic rings. The fourth-order valence-corrected chi connectivity index (χ4v) is 9.67. The van der Waals surface area contributed by atoms with Gasteiger partial charge in [0.25, 0.3) is 0 Å². The van der Waals surface area contributed by atoms with Crippen molar-refractivity contribution in [3.8, 4) is 16.3 Å². The number of phenolic OH excluding ortho intramolecular Hbond substituents is 1. The number of aromatic nitrogens is 5. The molecule has 3 aliphatic rings. The van der Waals surface area contributed by atoms with Crippen LogP contribution >= 0.6 is 22.9 Å². The van der Waals surface area contributed by atoms with E-state index >= 15 is 0 Å². The van der Waals surface area contributed by atoms with Crippen molar-refractivity contribution in [2.45, 2.75) is 52.6 Å². The van der Waals surface area contributed by atoms with Gasteiger partial charge in [0, 0.05) is 35.8 Å². The van der Waals surface area contributed by atoms with E-state index in [1.807, 2.05) is 50.3 Å². The normalized spacial score (nSPS) is 23.4. The molecule has 13 heteroatoms. The van der Waals surface area contributed by atoms with E-state index in [1.54, 1.807) is 43.0 Å². The number of carbonyl (C=O) groups excluding carboxylic acids is 2. The van der Waals surface area contributed by atoms with Crippen molar-refractivity contribution < 1.29 is 14.7 Å². The molecular weight excluding hydrogens is 652 g/mol. The number of hydrogen-bond donors (Lipinski definition) is 1. The van der Waals surface area contributed by atoms with Crippen LogP contribution in [0.1, 0.15) is 47.6 Å². The first-order valence-electron chi connectivity index (χ1n) is 15.7. The quantitative estimate of drug-likeness (QED) is 0.208. The van der Waals surface area contributed by atoms with Crippen LogP contribution in [-0.4, -0.2) is 40.6 Å². The highest BCUT2D eigenvalue weighted by atomic mass is 35.5. The topological polar surface area (TPSA) is 124 Å². The predicted octanol–water partition coefficient (Wildman–Crippen LogP) is 5.11. The number of anilines is 1. The molecule has 1 saturated carbocycles. The first-order chi connectivity index (χ1) is 22.7. The molecule has 0 radical (unpaired) electrons. The van der Waals surface area contributed by atoms with E-state index in [9.17, 15) is 24.3 Å². The number of benzene rings is 2. The Bertz CT molecular complexity index is 2400. The lowest BCUT2D eigenvalue weighted by molar-refractivity contribution is -0.129. The molecule has 1 N–H and O–H groups in total. The van der Waals surface area contributed by atoms with E-state index in [0.717, 1.165) is 36.2 Å². The smallest absolute Gasteiger partial charge is 0.347 e. The number of carbonyl (C=O) groups is 2. The number of fused-ring (bicyclic) bond motifs is 5. The maximum atomic E-state index is 14.9. The molecule has 2 amide bonds. The number of halogens is 1. The number of hydrogen-bond acceptors (Lipinski definition) is 7. The first kappa shape index (κ1) is 30.6. The van der Waals surface area contributed by atoms with Crippen LogP contribution in [0.5, 0.6) is 5.75 Å². The van der Waals surface area contributed by atoms with Crippen molar-refractivity contribution >= 4 is 50.7 Å². The van der Waals surface area contributed by atoms with Gasteiger partial charge in [0.15, 0.2) is 0 Å². The number of aromatic hydroxyl groups is 1. The highest BCUT2D eigenvalue weighted by molar-refractivity contribution is 7.22. The van der Waals surface area contributed by atoms with Gasteiger partial charge in [-0.2, -0.15) is 5.10 Å². The van der Waals surface area contributed by atoms with Crippen LogP contribution in [0, 0.1) is 32.1 Å². The molecule has 2 aromatic carbocycles. The van der Waals surface area contributed by atoms with Crippen molar-refractivity contribution in [1.29, 1.82) is 0 Å². The first-order valence-corrected chi connectivity index (χ1v) is 16.9. The molecule has 4 atom stereocenters. The van der Waals surface area contributed by atoms with Crippen LogP contribution in [0.2, 0.25) is 5.02 Å². The predicted molar refractivity (Wildman–Crippen MR) is 184 cm³/mol. The largest absolute Gasteiger partial charge is 0.507 e. The number of rotatable bonds is 3. The van der Waals surface area contributed by atoms with E-state index in [0.29, 0.717) is 27.7 Å². The van der Waals surface area contributed by atoms with Crippen LogP contribution in [-0.2, 0) is 30.2 Å². The lowest BCUT2D eigenvalue weighted by Crippen LogP contribution is -2.49. The summed E-state index contributed by atoms with van der Waals surface area (Å²) in [6.07, 6.45) is 2.09. The van der Waals surface area contributed by atoms with Gasteiger partial charge in [-0.15, -0.1) is 11.3 Å². The van der Waals surface area contributed by atoms with Gasteiger partial charge in [0.1, 0.15) is 17.3 Å². The number of phenols is 1. The number of imide groups is 1. The van der Waals surface area contributed by atoms with Crippen molar-refractivity contribution in [2.75, 3.05) is 4.90 Å². The molecule has 5 heterocycles. The van der Waals surface area contributed by atoms with E-state index in [-0.39, 0.29) is 30.5 Å². The Morgan fingerprint density at radius 1 is 1.00 bits per heavy atom. The van der Waals surface area contributed by atoms with Crippen molar-refractivity contribution in [3.05, 3.63) is 96.3 Å². The molecule has 8 rings (SSSR count). The zero-order chi connectivity index (χ0) is 34.1. The van der Waals surface area contributed by atoms with Gasteiger partial charge in [0.2, 0.25) is 11.8 Å². The highest BCUT2D eigenvalue weighted by Crippen LogP contribution is 2.61. The Morgan fingerprint density at radius 2 is 1.71 bits per heavy atom. The van der Waals surface area contributed by atoms with E-state index in [2.05, 4.69) is 0 Å². The van der Waals surface area contributed by atoms with Gasteiger partial charge in [-0.3, -0.25) is 14.3 Å². The van der Waals surface area contributed by atoms with Crippen LogP contribution in [0.4, 0.5) is 5.82 Å². The summed E-state index contributed by atoms with van der Waals surface area (Å²) < 4.78 is 6.54. The fraction of sp³-hybridized carbons (Fsp3) is 0.343. The molecule has 246 valence electrons. The molecule has 2 fully saturated rings. The summed E-state index contributed by atoms with van der Waals surface area (Å²) in [6.45, 7) is 7.60. The number of allylic oxidation sites excluding steroid dienone is 2. The SMILES string of the molecule is Cc1cc([C@H]2C3=CCn4c(=O)n(C)c(=O)n4[C@@H]3C[C@H]3C(=O)N(c4cc(-c5sc6ccc(Cl)cc6c5C)nn4C)C(=O)[C@@]23C)cc(C)c1O. The molecular formula is C35H33ClN6O5S. The Morgan fingerprint density at radius 3 is 2.42 bits per heavy atom. The summed E-state index contributed by atoms with van der Waals surface area (Å²) in [5, 5.41) is 17.1. The average molecular weight is 685 g/mol. The van der Waals surface area contributed by atoms with Gasteiger partial charge in [-0.05, 0) is 85.5 Å². The van der Waals surface area contributed by atoms with Gasteiger partial charge >= 0.3 is 11.4 Å². The highest BCUT2D eigenvalue weighted by Gasteiger charge is 2.66. The number of nitrogens with zero attached hydrogens (tertiary/aromatic N) is 6. The molecule has 1 saturated heterocycles. The molecule has 0 unspecified atom stereocenters. The second-order valence-corrected chi connectivity index (χ2v) is 15.0. The maximum Gasteiger partial charge on any atom is 0.347 e. The van der Waals surface area contributed by atoms with Crippen LogP contribution in [0.25, 0.3) is 20.7 Å². The molecule has 1 aliphatic carbocycles. The molecule has 48 heavy (non-hydrogen) atoms. The minimum Gasteiger partial charge on any atom is -0.507 e. The van der Waals surface area contributed by atoms with Crippen LogP contribution in [0.3, 0.4) is 0 Å². The number of amides is 2. The van der Waals surface area contributed by atoms with E-state index in [4.69, 9.17) is 16.7 Å². The Kier molecular flexibility index (Phi) is 6.49. The van der Waals surface area contributed by atoms with Crippen molar-refractivity contribution in [1.82, 2.24) is 23.7 Å². The minimum absolute atomic E-state index is 0.157. The average Bonchev–Trinajstić information content (AvgIpc) is 3.71. The van der Waals surface area contributed by atoms with Crippen LogP contribution in [0.15, 0.2) is 57.6 Å². The lowest BCUT2D eigenvalue weighted by Gasteiger charge is -2.47. The third kappa shape index (κ3) is 3.90. The summed E-state index contributed by atoms with van der Waals surface area (Å²) in [6, 6.07) is 10.6. The summed E-state index contributed by atoms with van der Waals surface area (Å²) in [5.74, 6) is -1.64. The summed E-state index contributed by atoms with van der Waals surface area (Å²) in [4.78, 5) is 58.2. The second-order valence-electron chi connectivity index (χ2n) is 13.5. The number of thiophene rings is 1. The Balaban J connectivity index is 1.30. The Hall–Kier alpha value is -4.68. The molecule has 3 aromatic heterocycles. The summed E-state index contributed by atoms with van der Waals surface area (Å²) >= 11 is 7.86. The molecule has 11 nitrogen and oxygen atoms in total. The molecule has 0 spiro atoms. The summed E-state index contributed by atoms with van der Waals surface area (Å²) in [5.41, 5.74) is 2.36. The Labute approximate surface area is 283 Å². The third-order valence-corrected chi connectivity index (χ3v) is 12.3. The zero-order valence-corrected chi connectivity index (χ0v) is 28.8. The summed E-state index contributed by atoms with van der Waals surface area (Å²) in [7, 11) is 3.16. The van der Waals surface area contributed by atoms with Crippen LogP contribution < -0.4 is 16.3 Å². The van der Waals surface area contributed by atoms with E-state index in [1.165, 1.54) is 21.3 Å². The van der Waals surface area contributed by atoms with E-state index < -0.39 is 34.7 Å². The van der Waals surface area contributed by atoms with Crippen molar-refractivity contribution in [2.24, 2.45) is 25.4 Å². The third-order valence-electron chi connectivity index (χ3n) is 10.8. The van der Waals surface area contributed by atoms with Gasteiger partial charge in [-0.1, -0.05) is 29.8 Å².